The summed E-state index contributed by atoms with van der Waals surface area (Å²) in [4.78, 5) is 53.9. The Morgan fingerprint density at radius 1 is 0.812 bits per heavy atom. The maximum absolute atomic E-state index is 13.7. The second-order valence-electron chi connectivity index (χ2n) is 13.7. The van der Waals surface area contributed by atoms with Crippen LogP contribution in [0.3, 0.4) is 0 Å². The number of nitrogens with zero attached hydrogens (tertiary/aromatic N) is 1. The quantitative estimate of drug-likeness (QED) is 0.168. The number of carbonyl (C=O) groups is 4. The van der Waals surface area contributed by atoms with E-state index >= 15 is 0 Å². The number of phenolic OH excluding ortho intramolecular Hbond substituents is 1. The van der Waals surface area contributed by atoms with Crippen LogP contribution in [0.1, 0.15) is 62.4 Å². The molecule has 0 bridgehead atoms. The molecule has 0 heterocycles. The number of amides is 4. The Bertz CT molecular complexity index is 1550. The average Bonchev–Trinajstić information content (AvgIpc) is 2.98. The maximum atomic E-state index is 13.7. The Kier molecular flexibility index (Phi) is 12.6. The van der Waals surface area contributed by atoms with Crippen molar-refractivity contribution in [3.8, 4) is 5.75 Å². The first-order valence-corrected chi connectivity index (χ1v) is 15.9. The number of aryl methyl sites for hydroxylation is 2. The molecule has 11 heteroatoms. The first-order chi connectivity index (χ1) is 22.4. The van der Waals surface area contributed by atoms with Crippen molar-refractivity contribution in [2.24, 2.45) is 0 Å². The van der Waals surface area contributed by atoms with Crippen LogP contribution in [0.25, 0.3) is 0 Å². The van der Waals surface area contributed by atoms with E-state index in [1.54, 1.807) is 58.9 Å². The van der Waals surface area contributed by atoms with Gasteiger partial charge in [-0.2, -0.15) is 0 Å². The number of carbonyl (C=O) groups excluding carboxylic acids is 3. The molecule has 3 rings (SSSR count). The lowest BCUT2D eigenvalue weighted by Crippen LogP contribution is -2.59. The third-order valence-corrected chi connectivity index (χ3v) is 7.65. The van der Waals surface area contributed by atoms with Crippen LogP contribution in [-0.4, -0.2) is 68.9 Å². The third-order valence-electron chi connectivity index (χ3n) is 7.65. The van der Waals surface area contributed by atoms with Crippen molar-refractivity contribution in [3.05, 3.63) is 101 Å². The second kappa shape index (κ2) is 16.2. The fraction of sp³-hybridized carbons (Fsp3) is 0.405. The molecule has 0 aromatic heterocycles. The van der Waals surface area contributed by atoms with Gasteiger partial charge in [0.15, 0.2) is 0 Å². The smallest absolute Gasteiger partial charge is 0.408 e. The van der Waals surface area contributed by atoms with Crippen molar-refractivity contribution in [2.45, 2.75) is 91.1 Å². The van der Waals surface area contributed by atoms with Gasteiger partial charge in [0.1, 0.15) is 23.4 Å². The van der Waals surface area contributed by atoms with Crippen LogP contribution < -0.4 is 16.0 Å². The molecule has 0 saturated carbocycles. The van der Waals surface area contributed by atoms with Gasteiger partial charge in [-0.25, -0.2) is 9.59 Å². The van der Waals surface area contributed by atoms with Crippen LogP contribution in [0, 0.1) is 13.8 Å². The van der Waals surface area contributed by atoms with Gasteiger partial charge in [-0.15, -0.1) is 0 Å². The lowest BCUT2D eigenvalue weighted by Gasteiger charge is -2.32. The summed E-state index contributed by atoms with van der Waals surface area (Å²) in [6.45, 7) is 12.2. The summed E-state index contributed by atoms with van der Waals surface area (Å²) < 4.78 is 5.42. The highest BCUT2D eigenvalue weighted by Crippen LogP contribution is 2.23. The predicted octanol–water partition coefficient (Wildman–Crippen LogP) is 5.25. The standard InChI is InChI=1S/C37H48N4O7/c1-24-18-28(42)19-25(2)29(24)21-30(39-34(45)48-36(3,4)5)32(43)40-37(6,7)23-38-33(44)31(20-26-14-10-8-11-15-26)41(35(46)47)22-27-16-12-9-13-17-27/h8-19,30-31,42H,20-23H2,1-7H3,(H,38,44)(H,39,45)(H,40,43)(H,46,47)/t30-,31-/m0/s1. The Morgan fingerprint density at radius 3 is 1.88 bits per heavy atom. The van der Waals surface area contributed by atoms with Gasteiger partial charge in [0.05, 0.1) is 5.54 Å². The molecule has 0 aliphatic rings. The van der Waals surface area contributed by atoms with Gasteiger partial charge < -0.3 is 30.9 Å². The summed E-state index contributed by atoms with van der Waals surface area (Å²) in [5.41, 5.74) is 2.02. The molecular formula is C37H48N4O7. The minimum atomic E-state index is -1.24. The van der Waals surface area contributed by atoms with E-state index in [1.807, 2.05) is 62.4 Å². The fourth-order valence-electron chi connectivity index (χ4n) is 5.32. The van der Waals surface area contributed by atoms with Crippen molar-refractivity contribution in [1.82, 2.24) is 20.9 Å². The SMILES string of the molecule is Cc1cc(O)cc(C)c1C[C@H](NC(=O)OC(C)(C)C)C(=O)NC(C)(C)CNC(=O)[C@H](Cc1ccccc1)N(Cc1ccccc1)C(=O)O. The highest BCUT2D eigenvalue weighted by Gasteiger charge is 2.33. The van der Waals surface area contributed by atoms with Crippen LogP contribution in [0.15, 0.2) is 72.8 Å². The van der Waals surface area contributed by atoms with Crippen molar-refractivity contribution < 1.29 is 34.1 Å². The second-order valence-corrected chi connectivity index (χ2v) is 13.7. The highest BCUT2D eigenvalue weighted by molar-refractivity contribution is 5.87. The molecule has 258 valence electrons. The number of phenols is 1. The van der Waals surface area contributed by atoms with E-state index in [9.17, 15) is 29.4 Å². The molecule has 2 atom stereocenters. The molecule has 3 aromatic carbocycles. The van der Waals surface area contributed by atoms with Gasteiger partial charge in [0.2, 0.25) is 11.8 Å². The van der Waals surface area contributed by atoms with Crippen LogP contribution in [0.2, 0.25) is 0 Å². The average molecular weight is 661 g/mol. The Morgan fingerprint density at radius 2 is 1.35 bits per heavy atom. The van der Waals surface area contributed by atoms with E-state index in [4.69, 9.17) is 4.74 Å². The topological polar surface area (TPSA) is 157 Å². The number of hydrogen-bond acceptors (Lipinski definition) is 6. The molecule has 0 aliphatic carbocycles. The number of alkyl carbamates (subject to hydrolysis) is 1. The normalized spacial score (nSPS) is 12.7. The maximum Gasteiger partial charge on any atom is 0.408 e. The highest BCUT2D eigenvalue weighted by atomic mass is 16.6. The van der Waals surface area contributed by atoms with Crippen LogP contribution in [0.5, 0.6) is 5.75 Å². The molecule has 48 heavy (non-hydrogen) atoms. The summed E-state index contributed by atoms with van der Waals surface area (Å²) in [5, 5.41) is 28.7. The van der Waals surface area contributed by atoms with Gasteiger partial charge in [-0.1, -0.05) is 60.7 Å². The summed E-state index contributed by atoms with van der Waals surface area (Å²) in [6, 6.07) is 19.3. The molecule has 5 N–H and O–H groups in total. The van der Waals surface area contributed by atoms with Gasteiger partial charge >= 0.3 is 12.2 Å². The Hall–Kier alpha value is -5.06. The van der Waals surface area contributed by atoms with E-state index in [-0.39, 0.29) is 31.7 Å². The van der Waals surface area contributed by atoms with E-state index in [0.717, 1.165) is 32.7 Å². The van der Waals surface area contributed by atoms with Gasteiger partial charge in [0.25, 0.3) is 0 Å². The number of carboxylic acid groups (broad SMARTS) is 1. The first-order valence-electron chi connectivity index (χ1n) is 15.9. The molecule has 3 aromatic rings. The van der Waals surface area contributed by atoms with Crippen LogP contribution >= 0.6 is 0 Å². The molecule has 0 radical (unpaired) electrons. The van der Waals surface area contributed by atoms with Crippen molar-refractivity contribution in [1.29, 1.82) is 0 Å². The first kappa shape index (κ1) is 37.4. The Labute approximate surface area is 282 Å². The lowest BCUT2D eigenvalue weighted by molar-refractivity contribution is -0.128. The summed E-state index contributed by atoms with van der Waals surface area (Å²) in [7, 11) is 0. The minimum absolute atomic E-state index is 0.00926. The molecular weight excluding hydrogens is 612 g/mol. The largest absolute Gasteiger partial charge is 0.508 e. The van der Waals surface area contributed by atoms with Gasteiger partial charge in [-0.05, 0) is 88.4 Å². The summed E-state index contributed by atoms with van der Waals surface area (Å²) in [6.07, 6.45) is -1.74. The molecule has 0 fully saturated rings. The molecule has 11 nitrogen and oxygen atoms in total. The molecule has 0 spiro atoms. The number of hydrogen-bond donors (Lipinski definition) is 5. The molecule has 4 amide bonds. The molecule has 0 saturated heterocycles. The van der Waals surface area contributed by atoms with Crippen molar-refractivity contribution in [2.75, 3.05) is 6.54 Å². The van der Waals surface area contributed by atoms with Crippen molar-refractivity contribution >= 4 is 24.0 Å². The van der Waals surface area contributed by atoms with E-state index in [2.05, 4.69) is 16.0 Å². The van der Waals surface area contributed by atoms with Gasteiger partial charge in [0, 0.05) is 25.9 Å². The number of nitrogens with one attached hydrogen (secondary N) is 3. The number of rotatable bonds is 13. The zero-order valence-corrected chi connectivity index (χ0v) is 28.8. The van der Waals surface area contributed by atoms with Crippen molar-refractivity contribution in [3.63, 3.8) is 0 Å². The van der Waals surface area contributed by atoms with Crippen LogP contribution in [-0.2, 0) is 33.7 Å². The zero-order chi connectivity index (χ0) is 35.6. The zero-order valence-electron chi connectivity index (χ0n) is 28.8. The number of ether oxygens (including phenoxy) is 1. The monoisotopic (exact) mass is 660 g/mol. The van der Waals surface area contributed by atoms with E-state index in [1.165, 1.54) is 0 Å². The predicted molar refractivity (Wildman–Crippen MR) is 184 cm³/mol. The molecule has 0 unspecified atom stereocenters. The lowest BCUT2D eigenvalue weighted by atomic mass is 9.95. The minimum Gasteiger partial charge on any atom is -0.508 e. The Balaban J connectivity index is 1.80. The molecule has 0 aliphatic heterocycles. The summed E-state index contributed by atoms with van der Waals surface area (Å²) in [5.74, 6) is -0.926. The van der Waals surface area contributed by atoms with Gasteiger partial charge in [-0.3, -0.25) is 14.5 Å². The van der Waals surface area contributed by atoms with E-state index in [0.29, 0.717) is 0 Å². The third kappa shape index (κ3) is 11.6. The fourth-order valence-corrected chi connectivity index (χ4v) is 5.32. The van der Waals surface area contributed by atoms with E-state index < -0.39 is 47.2 Å². The van der Waals surface area contributed by atoms with Crippen LogP contribution in [0.4, 0.5) is 9.59 Å². The number of aromatic hydroxyl groups is 1. The number of benzene rings is 3. The summed E-state index contributed by atoms with van der Waals surface area (Å²) >= 11 is 0.